The number of ether oxygens (including phenoxy) is 3. The third-order valence-electron chi connectivity index (χ3n) is 8.79. The van der Waals surface area contributed by atoms with Crippen LogP contribution in [0.3, 0.4) is 0 Å². The highest BCUT2D eigenvalue weighted by atomic mass is 32.2. The molecule has 2 aliphatic rings. The smallest absolute Gasteiger partial charge is 0.301 e. The molecule has 1 N–H and O–H groups in total. The average Bonchev–Trinajstić information content (AvgIpc) is 3.82. The van der Waals surface area contributed by atoms with Crippen molar-refractivity contribution in [3.63, 3.8) is 0 Å². The summed E-state index contributed by atoms with van der Waals surface area (Å²) in [5.41, 5.74) is 3.04. The maximum Gasteiger partial charge on any atom is 0.301 e. The second-order valence-corrected chi connectivity index (χ2v) is 14.4. The topological polar surface area (TPSA) is 111 Å². The number of nitrogens with zero attached hydrogens (tertiary/aromatic N) is 3. The Morgan fingerprint density at radius 3 is 2.68 bits per heavy atom. The summed E-state index contributed by atoms with van der Waals surface area (Å²) in [5.74, 6) is 0.575. The molecule has 2 aliphatic heterocycles. The number of carbonyl (C=O) groups is 2. The van der Waals surface area contributed by atoms with Gasteiger partial charge in [0.1, 0.15) is 17.6 Å². The summed E-state index contributed by atoms with van der Waals surface area (Å²) >= 11 is 2.75. The Labute approximate surface area is 298 Å². The van der Waals surface area contributed by atoms with Crippen LogP contribution in [0.1, 0.15) is 61.9 Å². The van der Waals surface area contributed by atoms with E-state index in [1.807, 2.05) is 38.1 Å². The predicted molar refractivity (Wildman–Crippen MR) is 196 cm³/mol. The molecule has 3 heterocycles. The Morgan fingerprint density at radius 1 is 1.00 bits per heavy atom. The van der Waals surface area contributed by atoms with Gasteiger partial charge in [0.2, 0.25) is 5.13 Å². The molecule has 0 unspecified atom stereocenters. The quantitative estimate of drug-likeness (QED) is 0.0341. The van der Waals surface area contributed by atoms with Crippen LogP contribution in [0.5, 0.6) is 17.2 Å². The first-order chi connectivity index (χ1) is 24.4. The second-order valence-electron chi connectivity index (χ2n) is 12.2. The molecule has 5 aromatic rings. The first-order valence-corrected chi connectivity index (χ1v) is 18.6. The minimum Gasteiger partial charge on any atom is -0.507 e. The number of anilines is 1. The summed E-state index contributed by atoms with van der Waals surface area (Å²) in [5, 5.41) is 23.2. The minimum atomic E-state index is -0.994. The molecule has 1 saturated heterocycles. The molecule has 50 heavy (non-hydrogen) atoms. The largest absolute Gasteiger partial charge is 0.507 e. The first-order valence-electron chi connectivity index (χ1n) is 16.8. The number of fused-ring (bicyclic) bond motifs is 2. The number of unbranched alkanes of at least 4 members (excludes halogenated alkanes) is 1. The van der Waals surface area contributed by atoms with Gasteiger partial charge in [-0.2, -0.15) is 0 Å². The molecule has 0 saturated carbocycles. The number of rotatable bonds is 12. The van der Waals surface area contributed by atoms with Gasteiger partial charge in [-0.15, -0.1) is 10.2 Å². The maximum atomic E-state index is 13.9. The van der Waals surface area contributed by atoms with E-state index in [0.717, 1.165) is 40.5 Å². The zero-order chi connectivity index (χ0) is 34.8. The molecule has 1 aromatic heterocycles. The summed E-state index contributed by atoms with van der Waals surface area (Å²) in [7, 11) is 0. The van der Waals surface area contributed by atoms with Gasteiger partial charge in [-0.25, -0.2) is 0 Å². The summed E-state index contributed by atoms with van der Waals surface area (Å²) < 4.78 is 18.5. The zero-order valence-corrected chi connectivity index (χ0v) is 29.7. The fourth-order valence-electron chi connectivity index (χ4n) is 6.39. The van der Waals surface area contributed by atoms with Crippen LogP contribution in [0, 0.1) is 0 Å². The monoisotopic (exact) mass is 707 g/mol. The van der Waals surface area contributed by atoms with Gasteiger partial charge in [-0.05, 0) is 78.1 Å². The lowest BCUT2D eigenvalue weighted by Crippen LogP contribution is -2.29. The summed E-state index contributed by atoms with van der Waals surface area (Å²) in [6.07, 6.45) is 2.55. The molecule has 0 spiro atoms. The standard InChI is InChI=1S/C39H37N3O6S2/c1-4-6-18-47-31-17-14-25(21-32(31)46-5-2)34-33(35(43)26-15-16-30-28(20-26)19-23(3)48-30)36(44)37(45)42(34)38-40-41-39(50-38)49-22-27-12-9-11-24-10-7-8-13-29(24)27/h7-17,20-21,23,34,43H,4-6,18-19,22H2,1-3H3/b35-33+/t23-,34-/m1/s1. The van der Waals surface area contributed by atoms with Crippen molar-refractivity contribution in [3.05, 3.63) is 107 Å². The highest BCUT2D eigenvalue weighted by Crippen LogP contribution is 2.46. The number of hydrogen-bond donors (Lipinski definition) is 1. The van der Waals surface area contributed by atoms with Crippen LogP contribution in [0.4, 0.5) is 5.13 Å². The maximum absolute atomic E-state index is 13.9. The van der Waals surface area contributed by atoms with E-state index in [9.17, 15) is 14.7 Å². The summed E-state index contributed by atoms with van der Waals surface area (Å²) in [6, 6.07) is 24.1. The number of aliphatic hydroxyl groups is 1. The molecule has 0 bridgehead atoms. The van der Waals surface area contributed by atoms with Gasteiger partial charge in [0.15, 0.2) is 15.8 Å². The average molecular weight is 708 g/mol. The molecule has 7 rings (SSSR count). The van der Waals surface area contributed by atoms with E-state index in [-0.39, 0.29) is 22.6 Å². The van der Waals surface area contributed by atoms with Crippen molar-refractivity contribution < 1.29 is 28.9 Å². The molecule has 2 atom stereocenters. The molecule has 1 amide bonds. The molecule has 1 fully saturated rings. The van der Waals surface area contributed by atoms with E-state index in [1.54, 1.807) is 30.3 Å². The van der Waals surface area contributed by atoms with Gasteiger partial charge in [0.05, 0.1) is 24.8 Å². The zero-order valence-electron chi connectivity index (χ0n) is 28.0. The number of Topliss-reactive ketones (excluding diaryl/α,β-unsaturated/α-hetero) is 1. The lowest BCUT2D eigenvalue weighted by Gasteiger charge is -2.23. The van der Waals surface area contributed by atoms with E-state index in [2.05, 4.69) is 41.4 Å². The fraction of sp³-hybridized carbons (Fsp3) is 0.282. The Bertz CT molecular complexity index is 2110. The van der Waals surface area contributed by atoms with Gasteiger partial charge in [-0.1, -0.05) is 85.0 Å². The Kier molecular flexibility index (Phi) is 9.78. The third kappa shape index (κ3) is 6.55. The van der Waals surface area contributed by atoms with Crippen LogP contribution in [0.2, 0.25) is 0 Å². The van der Waals surface area contributed by atoms with Crippen LogP contribution in [-0.4, -0.2) is 46.3 Å². The summed E-state index contributed by atoms with van der Waals surface area (Å²) in [6.45, 7) is 6.86. The lowest BCUT2D eigenvalue weighted by molar-refractivity contribution is -0.132. The predicted octanol–water partition coefficient (Wildman–Crippen LogP) is 8.51. The Morgan fingerprint density at radius 2 is 1.84 bits per heavy atom. The molecule has 0 aliphatic carbocycles. The molecular formula is C39H37N3O6S2. The number of amides is 1. The first kappa shape index (κ1) is 33.6. The number of carbonyl (C=O) groups excluding carboxylic acids is 2. The number of aliphatic hydroxyl groups excluding tert-OH is 1. The fourth-order valence-corrected chi connectivity index (χ4v) is 8.27. The van der Waals surface area contributed by atoms with Crippen LogP contribution in [0.15, 0.2) is 88.8 Å². The van der Waals surface area contributed by atoms with Crippen molar-refractivity contribution in [3.8, 4) is 17.2 Å². The van der Waals surface area contributed by atoms with E-state index < -0.39 is 17.7 Å². The Balaban J connectivity index is 1.27. The normalized spacial score (nSPS) is 18.0. The molecule has 9 nitrogen and oxygen atoms in total. The van der Waals surface area contributed by atoms with Crippen molar-refractivity contribution in [2.45, 2.75) is 62.3 Å². The molecule has 256 valence electrons. The van der Waals surface area contributed by atoms with Gasteiger partial charge in [-0.3, -0.25) is 14.5 Å². The number of aromatic nitrogens is 2. The number of hydrogen-bond acceptors (Lipinski definition) is 10. The Hall–Kier alpha value is -4.87. The van der Waals surface area contributed by atoms with Crippen LogP contribution in [0.25, 0.3) is 16.5 Å². The van der Waals surface area contributed by atoms with E-state index in [1.165, 1.54) is 28.0 Å². The molecular weight excluding hydrogens is 671 g/mol. The van der Waals surface area contributed by atoms with Crippen molar-refractivity contribution in [2.75, 3.05) is 18.1 Å². The van der Waals surface area contributed by atoms with Crippen LogP contribution < -0.4 is 19.1 Å². The number of thioether (sulfide) groups is 1. The van der Waals surface area contributed by atoms with E-state index >= 15 is 0 Å². The second kappa shape index (κ2) is 14.5. The van der Waals surface area contributed by atoms with Crippen LogP contribution in [-0.2, 0) is 21.8 Å². The molecule has 0 radical (unpaired) electrons. The van der Waals surface area contributed by atoms with Crippen molar-refractivity contribution in [1.29, 1.82) is 0 Å². The van der Waals surface area contributed by atoms with Gasteiger partial charge in [0.25, 0.3) is 5.78 Å². The SMILES string of the molecule is CCCCOc1ccc([C@@H]2/C(=C(\O)c3ccc4c(c3)C[C@@H](C)O4)C(=O)C(=O)N2c2nnc(SCc3cccc4ccccc34)s2)cc1OCC. The number of ketones is 1. The highest BCUT2D eigenvalue weighted by Gasteiger charge is 2.48. The van der Waals surface area contributed by atoms with Crippen molar-refractivity contribution in [2.24, 2.45) is 0 Å². The third-order valence-corrected chi connectivity index (χ3v) is 10.9. The molecule has 11 heteroatoms. The van der Waals surface area contributed by atoms with Gasteiger partial charge in [0, 0.05) is 17.7 Å². The van der Waals surface area contributed by atoms with E-state index in [4.69, 9.17) is 14.2 Å². The van der Waals surface area contributed by atoms with Crippen molar-refractivity contribution in [1.82, 2.24) is 10.2 Å². The minimum absolute atomic E-state index is 0.00750. The van der Waals surface area contributed by atoms with Crippen molar-refractivity contribution >= 4 is 56.5 Å². The molecule has 4 aromatic carbocycles. The number of benzene rings is 4. The lowest BCUT2D eigenvalue weighted by atomic mass is 9.94. The van der Waals surface area contributed by atoms with E-state index in [0.29, 0.717) is 52.4 Å². The van der Waals surface area contributed by atoms with Gasteiger partial charge >= 0.3 is 5.91 Å². The van der Waals surface area contributed by atoms with Crippen LogP contribution >= 0.6 is 23.1 Å². The highest BCUT2D eigenvalue weighted by molar-refractivity contribution is 8.00. The summed E-state index contributed by atoms with van der Waals surface area (Å²) in [4.78, 5) is 29.2. The van der Waals surface area contributed by atoms with Gasteiger partial charge < -0.3 is 19.3 Å².